The number of hydrogen-bond donors (Lipinski definition) is 2. The van der Waals surface area contributed by atoms with Crippen LogP contribution in [0.5, 0.6) is 0 Å². The summed E-state index contributed by atoms with van der Waals surface area (Å²) in [5, 5.41) is 4.82. The number of benzene rings is 2. The first-order chi connectivity index (χ1) is 13.1. The number of rotatable bonds is 4. The Morgan fingerprint density at radius 2 is 1.74 bits per heavy atom. The minimum Gasteiger partial charge on any atom is -0.356 e. The molecule has 1 fully saturated rings. The van der Waals surface area contributed by atoms with Crippen molar-refractivity contribution in [2.45, 2.75) is 24.2 Å². The fourth-order valence-corrected chi connectivity index (χ4v) is 4.94. The number of aromatic amines is 1. The summed E-state index contributed by atoms with van der Waals surface area (Å²) in [7, 11) is -3.56. The van der Waals surface area contributed by atoms with E-state index < -0.39 is 10.0 Å². The maximum Gasteiger partial charge on any atom is 0.272 e. The van der Waals surface area contributed by atoms with E-state index in [9.17, 15) is 13.2 Å². The van der Waals surface area contributed by atoms with Gasteiger partial charge in [-0.05, 0) is 30.4 Å². The zero-order chi connectivity index (χ0) is 18.9. The Kier molecular flexibility index (Phi) is 4.72. The number of carbonyl (C=O) groups excluding carboxylic acids is 1. The molecule has 0 radical (unpaired) electrons. The quantitative estimate of drug-likeness (QED) is 0.722. The van der Waals surface area contributed by atoms with Crippen molar-refractivity contribution in [3.8, 4) is 0 Å². The van der Waals surface area contributed by atoms with Crippen molar-refractivity contribution in [1.29, 1.82) is 0 Å². The Balaban J connectivity index is 1.57. The molecule has 0 atom stereocenters. The van der Waals surface area contributed by atoms with Gasteiger partial charge in [-0.25, -0.2) is 8.42 Å². The molecule has 0 bridgehead atoms. The van der Waals surface area contributed by atoms with Crippen LogP contribution < -0.4 is 5.32 Å². The molecule has 2 N–H and O–H groups in total. The third-order valence-corrected chi connectivity index (χ3v) is 6.77. The third-order valence-electron chi connectivity index (χ3n) is 4.89. The van der Waals surface area contributed by atoms with Gasteiger partial charge in [-0.3, -0.25) is 4.79 Å². The van der Waals surface area contributed by atoms with Crippen LogP contribution in [-0.4, -0.2) is 36.7 Å². The predicted octanol–water partition coefficient (Wildman–Crippen LogP) is 3.59. The summed E-state index contributed by atoms with van der Waals surface area (Å²) in [4.78, 5) is 15.6. The molecule has 6 nitrogen and oxygen atoms in total. The van der Waals surface area contributed by atoms with Gasteiger partial charge >= 0.3 is 0 Å². The molecule has 1 aromatic heterocycles. The second-order valence-electron chi connectivity index (χ2n) is 6.69. The molecule has 1 aliphatic rings. The standard InChI is InChI=1S/C20H21N3O3S/c24-20(22-18-10-6-8-15-7-2-3-9-17(15)18)19-13-16(14-21-19)27(25,26)23-11-4-1-5-12-23/h2-3,6-10,13-14,21H,1,4-5,11-12H2,(H,22,24). The average Bonchev–Trinajstić information content (AvgIpc) is 3.20. The first-order valence-electron chi connectivity index (χ1n) is 9.03. The lowest BCUT2D eigenvalue weighted by Crippen LogP contribution is -2.35. The molecule has 0 saturated carbocycles. The van der Waals surface area contributed by atoms with E-state index in [0.717, 1.165) is 30.0 Å². The van der Waals surface area contributed by atoms with Gasteiger partial charge in [0.15, 0.2) is 0 Å². The van der Waals surface area contributed by atoms with Crippen LogP contribution in [0, 0.1) is 0 Å². The lowest BCUT2D eigenvalue weighted by molar-refractivity contribution is 0.102. The van der Waals surface area contributed by atoms with Crippen LogP contribution in [0.4, 0.5) is 5.69 Å². The van der Waals surface area contributed by atoms with E-state index in [0.29, 0.717) is 18.8 Å². The Morgan fingerprint density at radius 3 is 2.56 bits per heavy atom. The lowest BCUT2D eigenvalue weighted by Gasteiger charge is -2.25. The second-order valence-corrected chi connectivity index (χ2v) is 8.63. The topological polar surface area (TPSA) is 82.3 Å². The van der Waals surface area contributed by atoms with E-state index in [1.54, 1.807) is 0 Å². The molecule has 1 aliphatic heterocycles. The van der Waals surface area contributed by atoms with Crippen molar-refractivity contribution in [2.24, 2.45) is 0 Å². The summed E-state index contributed by atoms with van der Waals surface area (Å²) < 4.78 is 27.0. The van der Waals surface area contributed by atoms with Crippen molar-refractivity contribution >= 4 is 32.4 Å². The number of hydrogen-bond acceptors (Lipinski definition) is 3. The Bertz CT molecular complexity index is 1080. The van der Waals surface area contributed by atoms with Crippen LogP contribution >= 0.6 is 0 Å². The number of sulfonamides is 1. The number of amides is 1. The van der Waals surface area contributed by atoms with Gasteiger partial charge in [0, 0.05) is 30.4 Å². The van der Waals surface area contributed by atoms with E-state index >= 15 is 0 Å². The monoisotopic (exact) mass is 383 g/mol. The van der Waals surface area contributed by atoms with Crippen molar-refractivity contribution in [3.05, 3.63) is 60.4 Å². The Labute approximate surface area is 158 Å². The van der Waals surface area contributed by atoms with Crippen molar-refractivity contribution < 1.29 is 13.2 Å². The molecule has 7 heteroatoms. The zero-order valence-corrected chi connectivity index (χ0v) is 15.6. The van der Waals surface area contributed by atoms with Crippen LogP contribution in [0.3, 0.4) is 0 Å². The molecule has 0 spiro atoms. The number of nitrogens with zero attached hydrogens (tertiary/aromatic N) is 1. The van der Waals surface area contributed by atoms with Crippen LogP contribution in [0.2, 0.25) is 0 Å². The number of nitrogens with one attached hydrogen (secondary N) is 2. The van der Waals surface area contributed by atoms with Gasteiger partial charge in [0.1, 0.15) is 10.6 Å². The minimum atomic E-state index is -3.56. The van der Waals surface area contributed by atoms with Crippen molar-refractivity contribution in [3.63, 3.8) is 0 Å². The van der Waals surface area contributed by atoms with Crippen molar-refractivity contribution in [1.82, 2.24) is 9.29 Å². The highest BCUT2D eigenvalue weighted by molar-refractivity contribution is 7.89. The van der Waals surface area contributed by atoms with Crippen LogP contribution in [0.25, 0.3) is 10.8 Å². The maximum atomic E-state index is 12.7. The maximum absolute atomic E-state index is 12.7. The fraction of sp³-hybridized carbons (Fsp3) is 0.250. The molecule has 1 amide bonds. The van der Waals surface area contributed by atoms with E-state index in [-0.39, 0.29) is 16.5 Å². The van der Waals surface area contributed by atoms with Gasteiger partial charge in [-0.2, -0.15) is 4.31 Å². The zero-order valence-electron chi connectivity index (χ0n) is 14.8. The van der Waals surface area contributed by atoms with E-state index in [4.69, 9.17) is 0 Å². The number of anilines is 1. The number of piperidine rings is 1. The average molecular weight is 383 g/mol. The molecule has 4 rings (SSSR count). The van der Waals surface area contributed by atoms with Crippen LogP contribution in [0.1, 0.15) is 29.8 Å². The molecule has 3 aromatic rings. The normalized spacial score (nSPS) is 15.7. The van der Waals surface area contributed by atoms with Gasteiger partial charge in [-0.15, -0.1) is 0 Å². The molecule has 2 heterocycles. The molecular formula is C20H21N3O3S. The highest BCUT2D eigenvalue weighted by Crippen LogP contribution is 2.25. The molecule has 1 saturated heterocycles. The number of carbonyl (C=O) groups is 1. The van der Waals surface area contributed by atoms with Gasteiger partial charge in [0.05, 0.1) is 0 Å². The number of fused-ring (bicyclic) bond motifs is 1. The van der Waals surface area contributed by atoms with Gasteiger partial charge in [0.2, 0.25) is 10.0 Å². The summed E-state index contributed by atoms with van der Waals surface area (Å²) in [6, 6.07) is 14.8. The first-order valence-corrected chi connectivity index (χ1v) is 10.5. The van der Waals surface area contributed by atoms with Crippen LogP contribution in [0.15, 0.2) is 59.6 Å². The molecular weight excluding hydrogens is 362 g/mol. The lowest BCUT2D eigenvalue weighted by atomic mass is 10.1. The highest BCUT2D eigenvalue weighted by Gasteiger charge is 2.27. The number of aromatic nitrogens is 1. The first kappa shape index (κ1) is 17.8. The van der Waals surface area contributed by atoms with Gasteiger partial charge in [0.25, 0.3) is 5.91 Å². The largest absolute Gasteiger partial charge is 0.356 e. The Hall–Kier alpha value is -2.64. The predicted molar refractivity (Wildman–Crippen MR) is 105 cm³/mol. The summed E-state index contributed by atoms with van der Waals surface area (Å²) in [6.45, 7) is 1.07. The molecule has 0 unspecified atom stereocenters. The summed E-state index contributed by atoms with van der Waals surface area (Å²) in [5.74, 6) is -0.369. The minimum absolute atomic E-state index is 0.132. The SMILES string of the molecule is O=C(Nc1cccc2ccccc12)c1cc(S(=O)(=O)N2CCCCC2)c[nH]1. The summed E-state index contributed by atoms with van der Waals surface area (Å²) >= 11 is 0. The molecule has 27 heavy (non-hydrogen) atoms. The third kappa shape index (κ3) is 3.48. The summed E-state index contributed by atoms with van der Waals surface area (Å²) in [6.07, 6.45) is 4.19. The second kappa shape index (κ2) is 7.17. The van der Waals surface area contributed by atoms with Crippen molar-refractivity contribution in [2.75, 3.05) is 18.4 Å². The molecule has 2 aromatic carbocycles. The number of H-pyrrole nitrogens is 1. The van der Waals surface area contributed by atoms with E-state index in [1.807, 2.05) is 42.5 Å². The van der Waals surface area contributed by atoms with E-state index in [2.05, 4.69) is 10.3 Å². The van der Waals surface area contributed by atoms with Gasteiger partial charge in [-0.1, -0.05) is 42.8 Å². The molecule has 0 aliphatic carbocycles. The Morgan fingerprint density at radius 1 is 1.00 bits per heavy atom. The summed E-state index contributed by atoms with van der Waals surface area (Å²) in [5.41, 5.74) is 0.909. The molecule has 140 valence electrons. The smallest absolute Gasteiger partial charge is 0.272 e. The highest BCUT2D eigenvalue weighted by atomic mass is 32.2. The van der Waals surface area contributed by atoms with Gasteiger partial charge < -0.3 is 10.3 Å². The van der Waals surface area contributed by atoms with Crippen LogP contribution in [-0.2, 0) is 10.0 Å². The fourth-order valence-electron chi connectivity index (χ4n) is 3.43. The van der Waals surface area contributed by atoms with E-state index in [1.165, 1.54) is 16.6 Å².